The van der Waals surface area contributed by atoms with Crippen molar-refractivity contribution in [3.8, 4) is 11.5 Å². The van der Waals surface area contributed by atoms with Crippen molar-refractivity contribution >= 4 is 32.4 Å². The SMILES string of the molecule is C=CCC1=C(S(=O)(=O)c2ccccc2)CCC[C@@H]1Oc1c(I)cccc1OC. The molecule has 0 aliphatic heterocycles. The molecule has 1 atom stereocenters. The molecule has 4 nitrogen and oxygen atoms in total. The number of allylic oxidation sites excluding steroid dienone is 2. The molecule has 1 aliphatic rings. The first-order valence-corrected chi connectivity index (χ1v) is 11.7. The Morgan fingerprint density at radius 1 is 1.18 bits per heavy atom. The largest absolute Gasteiger partial charge is 0.493 e. The van der Waals surface area contributed by atoms with Crippen LogP contribution in [-0.4, -0.2) is 21.6 Å². The number of sulfone groups is 1. The normalized spacial score (nSPS) is 17.3. The standard InChI is InChI=1S/C22H23IO4S/c1-3-9-17-19(27-22-18(23)12-7-14-20(22)26-2)13-8-15-21(17)28(24,25)16-10-5-4-6-11-16/h3-7,10-12,14,19H,1,8-9,13,15H2,2H3/t19-/m0/s1. The monoisotopic (exact) mass is 510 g/mol. The van der Waals surface area contributed by atoms with E-state index in [2.05, 4.69) is 29.2 Å². The Morgan fingerprint density at radius 3 is 2.61 bits per heavy atom. The molecule has 3 rings (SSSR count). The molecule has 0 fully saturated rings. The first-order chi connectivity index (χ1) is 13.5. The summed E-state index contributed by atoms with van der Waals surface area (Å²) in [5.41, 5.74) is 0.784. The summed E-state index contributed by atoms with van der Waals surface area (Å²) in [7, 11) is -1.96. The van der Waals surface area contributed by atoms with Crippen LogP contribution in [0.5, 0.6) is 11.5 Å². The van der Waals surface area contributed by atoms with Crippen LogP contribution >= 0.6 is 22.6 Å². The second-order valence-electron chi connectivity index (χ2n) is 6.53. The summed E-state index contributed by atoms with van der Waals surface area (Å²) in [4.78, 5) is 0.777. The van der Waals surface area contributed by atoms with Gasteiger partial charge in [0.05, 0.1) is 20.5 Å². The molecular formula is C22H23IO4S. The second-order valence-corrected chi connectivity index (χ2v) is 9.66. The number of benzene rings is 2. The van der Waals surface area contributed by atoms with Gasteiger partial charge in [-0.3, -0.25) is 0 Å². The lowest BCUT2D eigenvalue weighted by Crippen LogP contribution is -2.27. The third-order valence-corrected chi connectivity index (χ3v) is 7.63. The van der Waals surface area contributed by atoms with Gasteiger partial charge in [-0.05, 0) is 78.1 Å². The molecule has 2 aromatic rings. The quantitative estimate of drug-likeness (QED) is 0.363. The molecule has 0 spiro atoms. The van der Waals surface area contributed by atoms with E-state index in [1.807, 2.05) is 24.3 Å². The number of hydrogen-bond acceptors (Lipinski definition) is 4. The van der Waals surface area contributed by atoms with E-state index in [0.717, 1.165) is 22.0 Å². The van der Waals surface area contributed by atoms with Crippen LogP contribution in [0.1, 0.15) is 25.7 Å². The molecule has 2 aromatic carbocycles. The molecule has 0 amide bonds. The van der Waals surface area contributed by atoms with E-state index >= 15 is 0 Å². The molecular weight excluding hydrogens is 487 g/mol. The maximum absolute atomic E-state index is 13.3. The van der Waals surface area contributed by atoms with Gasteiger partial charge in [0.1, 0.15) is 6.10 Å². The molecule has 0 radical (unpaired) electrons. The van der Waals surface area contributed by atoms with Crippen molar-refractivity contribution in [2.75, 3.05) is 7.11 Å². The number of hydrogen-bond donors (Lipinski definition) is 0. The lowest BCUT2D eigenvalue weighted by molar-refractivity contribution is 0.202. The Balaban J connectivity index is 2.06. The summed E-state index contributed by atoms with van der Waals surface area (Å²) in [6.07, 6.45) is 3.90. The number of rotatable bonds is 7. The minimum Gasteiger partial charge on any atom is -0.493 e. The highest BCUT2D eigenvalue weighted by Gasteiger charge is 2.32. The minimum atomic E-state index is -3.57. The molecule has 28 heavy (non-hydrogen) atoms. The van der Waals surface area contributed by atoms with Crippen LogP contribution in [0, 0.1) is 3.57 Å². The Bertz CT molecular complexity index is 981. The van der Waals surface area contributed by atoms with Crippen molar-refractivity contribution in [1.82, 2.24) is 0 Å². The highest BCUT2D eigenvalue weighted by molar-refractivity contribution is 14.1. The zero-order valence-corrected chi connectivity index (χ0v) is 18.7. The zero-order chi connectivity index (χ0) is 20.1. The second kappa shape index (κ2) is 9.13. The predicted octanol–water partition coefficient (Wildman–Crippen LogP) is 5.54. The summed E-state index contributed by atoms with van der Waals surface area (Å²) in [6, 6.07) is 14.3. The topological polar surface area (TPSA) is 52.6 Å². The Kier molecular flexibility index (Phi) is 6.82. The zero-order valence-electron chi connectivity index (χ0n) is 15.7. The molecule has 6 heteroatoms. The summed E-state index contributed by atoms with van der Waals surface area (Å²) in [6.45, 7) is 3.83. The Morgan fingerprint density at radius 2 is 1.93 bits per heavy atom. The number of para-hydroxylation sites is 1. The van der Waals surface area contributed by atoms with Crippen molar-refractivity contribution in [1.29, 1.82) is 0 Å². The summed E-state index contributed by atoms with van der Waals surface area (Å²) < 4.78 is 39.3. The third kappa shape index (κ3) is 4.27. The van der Waals surface area contributed by atoms with Gasteiger partial charge in [-0.1, -0.05) is 30.3 Å². The fourth-order valence-corrected chi connectivity index (χ4v) is 5.82. The summed E-state index contributed by atoms with van der Waals surface area (Å²) >= 11 is 2.21. The highest BCUT2D eigenvalue weighted by atomic mass is 127. The van der Waals surface area contributed by atoms with Crippen LogP contribution in [0.2, 0.25) is 0 Å². The lowest BCUT2D eigenvalue weighted by atomic mass is 9.93. The van der Waals surface area contributed by atoms with Crippen LogP contribution in [0.4, 0.5) is 0 Å². The van der Waals surface area contributed by atoms with Gasteiger partial charge in [0.15, 0.2) is 11.5 Å². The van der Waals surface area contributed by atoms with Gasteiger partial charge in [-0.2, -0.15) is 0 Å². The fraction of sp³-hybridized carbons (Fsp3) is 0.273. The van der Waals surface area contributed by atoms with E-state index in [1.165, 1.54) is 0 Å². The molecule has 0 saturated carbocycles. The lowest BCUT2D eigenvalue weighted by Gasteiger charge is -2.29. The Hall–Kier alpha value is -1.80. The van der Waals surface area contributed by atoms with Gasteiger partial charge in [0.2, 0.25) is 9.84 Å². The highest BCUT2D eigenvalue weighted by Crippen LogP contribution is 2.39. The third-order valence-electron chi connectivity index (χ3n) is 4.77. The minimum absolute atomic E-state index is 0.319. The first-order valence-electron chi connectivity index (χ1n) is 9.11. The smallest absolute Gasteiger partial charge is 0.202 e. The van der Waals surface area contributed by atoms with Gasteiger partial charge in [0.25, 0.3) is 0 Å². The van der Waals surface area contributed by atoms with E-state index in [1.54, 1.807) is 37.5 Å². The molecule has 1 aliphatic carbocycles. The van der Waals surface area contributed by atoms with E-state index in [9.17, 15) is 8.42 Å². The van der Waals surface area contributed by atoms with E-state index in [-0.39, 0.29) is 6.10 Å². The number of halogens is 1. The number of methoxy groups -OCH3 is 1. The van der Waals surface area contributed by atoms with Crippen molar-refractivity contribution < 1.29 is 17.9 Å². The fourth-order valence-electron chi connectivity index (χ4n) is 3.45. The molecule has 0 bridgehead atoms. The Labute approximate surface area is 180 Å². The van der Waals surface area contributed by atoms with E-state index in [0.29, 0.717) is 34.1 Å². The summed E-state index contributed by atoms with van der Waals surface area (Å²) in [5.74, 6) is 1.29. The van der Waals surface area contributed by atoms with Crippen molar-refractivity contribution in [3.63, 3.8) is 0 Å². The maximum Gasteiger partial charge on any atom is 0.202 e. The molecule has 0 unspecified atom stereocenters. The summed E-state index contributed by atoms with van der Waals surface area (Å²) in [5, 5.41) is 0. The van der Waals surface area contributed by atoms with E-state index in [4.69, 9.17) is 9.47 Å². The molecule has 148 valence electrons. The van der Waals surface area contributed by atoms with Crippen LogP contribution < -0.4 is 9.47 Å². The van der Waals surface area contributed by atoms with E-state index < -0.39 is 9.84 Å². The van der Waals surface area contributed by atoms with Gasteiger partial charge in [-0.25, -0.2) is 8.42 Å². The van der Waals surface area contributed by atoms with Crippen molar-refractivity contribution in [2.24, 2.45) is 0 Å². The molecule has 0 heterocycles. The number of ether oxygens (including phenoxy) is 2. The predicted molar refractivity (Wildman–Crippen MR) is 119 cm³/mol. The molecule has 0 aromatic heterocycles. The van der Waals surface area contributed by atoms with Gasteiger partial charge < -0.3 is 9.47 Å². The van der Waals surface area contributed by atoms with Crippen LogP contribution in [0.25, 0.3) is 0 Å². The van der Waals surface area contributed by atoms with Gasteiger partial charge in [0, 0.05) is 0 Å². The maximum atomic E-state index is 13.3. The van der Waals surface area contributed by atoms with Crippen LogP contribution in [-0.2, 0) is 9.84 Å². The van der Waals surface area contributed by atoms with Crippen molar-refractivity contribution in [3.05, 3.63) is 75.2 Å². The van der Waals surface area contributed by atoms with Gasteiger partial charge in [-0.15, -0.1) is 6.58 Å². The van der Waals surface area contributed by atoms with Crippen LogP contribution in [0.15, 0.2) is 76.6 Å². The van der Waals surface area contributed by atoms with Crippen molar-refractivity contribution in [2.45, 2.75) is 36.7 Å². The molecule has 0 N–H and O–H groups in total. The average Bonchev–Trinajstić information content (AvgIpc) is 2.71. The average molecular weight is 510 g/mol. The first kappa shape index (κ1) is 20.9. The van der Waals surface area contributed by atoms with Gasteiger partial charge >= 0.3 is 0 Å². The molecule has 0 saturated heterocycles. The van der Waals surface area contributed by atoms with Crippen LogP contribution in [0.3, 0.4) is 0 Å².